The van der Waals surface area contributed by atoms with Crippen molar-refractivity contribution in [3.8, 4) is 12.1 Å². The maximum atomic E-state index is 8.20. The molecule has 0 aliphatic rings. The maximum Gasteiger partial charge on any atom is 0.0640 e. The van der Waals surface area contributed by atoms with Crippen molar-refractivity contribution in [3.63, 3.8) is 0 Å². The lowest BCUT2D eigenvalue weighted by molar-refractivity contribution is 0.725. The van der Waals surface area contributed by atoms with E-state index in [0.717, 1.165) is 6.42 Å². The molecular formula is C12H24N6. The van der Waals surface area contributed by atoms with Gasteiger partial charge in [-0.2, -0.15) is 15.6 Å². The van der Waals surface area contributed by atoms with Crippen LogP contribution in [-0.4, -0.2) is 19.3 Å². The Kier molecular flexibility index (Phi) is 21.6. The molecule has 0 aromatic rings. The van der Waals surface area contributed by atoms with Crippen molar-refractivity contribution < 1.29 is 0 Å². The molecule has 0 unspecified atom stereocenters. The van der Waals surface area contributed by atoms with E-state index in [1.807, 2.05) is 18.4 Å². The molecule has 0 bridgehead atoms. The standard InChI is InChI=1S/C9H17N3.C3H7N3/c1-2-3-4-5-8-11-12-9-6-7-10;4-2-1-3-6-5/h8,12H,2-6,9H2,1H3;6H,1,3,5H2/b11-8+;. The van der Waals surface area contributed by atoms with E-state index in [4.69, 9.17) is 16.4 Å². The molecule has 0 aromatic carbocycles. The fourth-order valence-electron chi connectivity index (χ4n) is 0.919. The van der Waals surface area contributed by atoms with Gasteiger partial charge in [0.15, 0.2) is 0 Å². The molecule has 18 heavy (non-hydrogen) atoms. The van der Waals surface area contributed by atoms with E-state index in [2.05, 4.69) is 22.9 Å². The van der Waals surface area contributed by atoms with Crippen molar-refractivity contribution in [2.24, 2.45) is 10.9 Å². The van der Waals surface area contributed by atoms with Crippen molar-refractivity contribution in [3.05, 3.63) is 0 Å². The lowest BCUT2D eigenvalue weighted by Crippen LogP contribution is -2.22. The molecule has 0 atom stereocenters. The lowest BCUT2D eigenvalue weighted by atomic mass is 10.2. The molecule has 0 amide bonds. The van der Waals surface area contributed by atoms with Crippen LogP contribution in [0.5, 0.6) is 0 Å². The average molecular weight is 252 g/mol. The summed E-state index contributed by atoms with van der Waals surface area (Å²) < 4.78 is 0. The van der Waals surface area contributed by atoms with Gasteiger partial charge in [0.25, 0.3) is 0 Å². The predicted octanol–water partition coefficient (Wildman–Crippen LogP) is 1.42. The first kappa shape index (κ1) is 18.7. The second-order valence-electron chi connectivity index (χ2n) is 3.49. The fraction of sp³-hybridized carbons (Fsp3) is 0.750. The van der Waals surface area contributed by atoms with Gasteiger partial charge in [-0.15, -0.1) is 0 Å². The summed E-state index contributed by atoms with van der Waals surface area (Å²) in [6.45, 7) is 3.42. The normalized spacial score (nSPS) is 9.11. The van der Waals surface area contributed by atoms with Crippen molar-refractivity contribution >= 4 is 6.21 Å². The highest BCUT2D eigenvalue weighted by molar-refractivity contribution is 5.56. The molecule has 0 aromatic heterocycles. The maximum absolute atomic E-state index is 8.20. The number of hydrogen-bond donors (Lipinski definition) is 3. The van der Waals surface area contributed by atoms with E-state index >= 15 is 0 Å². The first-order chi connectivity index (χ1) is 8.83. The number of nitriles is 2. The molecule has 0 fully saturated rings. The molecule has 0 rings (SSSR count). The minimum atomic E-state index is 0.483. The van der Waals surface area contributed by atoms with Crippen molar-refractivity contribution in [1.29, 1.82) is 10.5 Å². The van der Waals surface area contributed by atoms with Crippen molar-refractivity contribution in [2.75, 3.05) is 13.1 Å². The van der Waals surface area contributed by atoms with E-state index in [9.17, 15) is 0 Å². The molecule has 6 heteroatoms. The number of hydrazone groups is 1. The minimum Gasteiger partial charge on any atom is -0.309 e. The minimum absolute atomic E-state index is 0.483. The molecular weight excluding hydrogens is 228 g/mol. The monoisotopic (exact) mass is 252 g/mol. The SMILES string of the molecule is CCCCC/C=N/NCCC#N.N#CCCNN. The Bertz CT molecular complexity index is 250. The Morgan fingerprint density at radius 1 is 1.17 bits per heavy atom. The molecule has 102 valence electrons. The van der Waals surface area contributed by atoms with Gasteiger partial charge in [-0.3, -0.25) is 11.3 Å². The summed E-state index contributed by atoms with van der Waals surface area (Å²) in [5.41, 5.74) is 5.16. The molecule has 0 radical (unpaired) electrons. The molecule has 0 aliphatic heterocycles. The Balaban J connectivity index is 0. The van der Waals surface area contributed by atoms with Gasteiger partial charge >= 0.3 is 0 Å². The summed E-state index contributed by atoms with van der Waals surface area (Å²) in [6.07, 6.45) is 7.64. The van der Waals surface area contributed by atoms with Gasteiger partial charge in [0.05, 0.1) is 18.6 Å². The van der Waals surface area contributed by atoms with Crippen molar-refractivity contribution in [1.82, 2.24) is 10.9 Å². The number of nitrogens with zero attached hydrogens (tertiary/aromatic N) is 3. The topological polar surface area (TPSA) is 110 Å². The van der Waals surface area contributed by atoms with E-state index < -0.39 is 0 Å². The first-order valence-electron chi connectivity index (χ1n) is 6.25. The second-order valence-corrected chi connectivity index (χ2v) is 3.49. The van der Waals surface area contributed by atoms with Crippen LogP contribution in [0.15, 0.2) is 5.10 Å². The largest absolute Gasteiger partial charge is 0.309 e. The molecule has 6 nitrogen and oxygen atoms in total. The molecule has 4 N–H and O–H groups in total. The van der Waals surface area contributed by atoms with Crippen LogP contribution in [0.1, 0.15) is 45.4 Å². The number of hydrogen-bond acceptors (Lipinski definition) is 6. The zero-order chi connectivity index (χ0) is 13.9. The quantitative estimate of drug-likeness (QED) is 0.249. The lowest BCUT2D eigenvalue weighted by Gasteiger charge is -1.94. The fourth-order valence-corrected chi connectivity index (χ4v) is 0.919. The number of nitrogens with one attached hydrogen (secondary N) is 2. The van der Waals surface area contributed by atoms with E-state index in [1.165, 1.54) is 19.3 Å². The smallest absolute Gasteiger partial charge is 0.0640 e. The summed E-state index contributed by atoms with van der Waals surface area (Å²) >= 11 is 0. The van der Waals surface area contributed by atoms with Crippen LogP contribution in [-0.2, 0) is 0 Å². The van der Waals surface area contributed by atoms with Crippen LogP contribution in [0.4, 0.5) is 0 Å². The summed E-state index contributed by atoms with van der Waals surface area (Å²) in [4.78, 5) is 0. The van der Waals surface area contributed by atoms with Crippen LogP contribution in [0.2, 0.25) is 0 Å². The molecule has 0 aliphatic carbocycles. The van der Waals surface area contributed by atoms with Gasteiger partial charge in [0, 0.05) is 25.7 Å². The van der Waals surface area contributed by atoms with Gasteiger partial charge in [-0.25, -0.2) is 0 Å². The van der Waals surface area contributed by atoms with Crippen LogP contribution < -0.4 is 16.7 Å². The zero-order valence-electron chi connectivity index (χ0n) is 11.2. The van der Waals surface area contributed by atoms with Crippen LogP contribution in [0, 0.1) is 22.7 Å². The summed E-state index contributed by atoms with van der Waals surface area (Å²) in [7, 11) is 0. The summed E-state index contributed by atoms with van der Waals surface area (Å²) in [5.74, 6) is 4.81. The number of hydrazine groups is 1. The highest BCUT2D eigenvalue weighted by Crippen LogP contribution is 1.95. The van der Waals surface area contributed by atoms with Crippen molar-refractivity contribution in [2.45, 2.75) is 45.4 Å². The molecule has 0 saturated heterocycles. The first-order valence-corrected chi connectivity index (χ1v) is 6.25. The van der Waals surface area contributed by atoms with Gasteiger partial charge in [0.1, 0.15) is 0 Å². The van der Waals surface area contributed by atoms with Crippen LogP contribution in [0.3, 0.4) is 0 Å². The highest BCUT2D eigenvalue weighted by atomic mass is 15.3. The third kappa shape index (κ3) is 23.9. The number of rotatable bonds is 9. The van der Waals surface area contributed by atoms with Gasteiger partial charge in [-0.05, 0) is 12.8 Å². The zero-order valence-corrected chi connectivity index (χ0v) is 11.2. The Hall–Kier alpha value is -1.63. The van der Waals surface area contributed by atoms with Crippen LogP contribution >= 0.6 is 0 Å². The third-order valence-corrected chi connectivity index (χ3v) is 1.85. The van der Waals surface area contributed by atoms with E-state index in [0.29, 0.717) is 25.9 Å². The van der Waals surface area contributed by atoms with E-state index in [1.54, 1.807) is 0 Å². The predicted molar refractivity (Wildman–Crippen MR) is 73.3 cm³/mol. The Morgan fingerprint density at radius 2 is 1.83 bits per heavy atom. The highest BCUT2D eigenvalue weighted by Gasteiger charge is 1.82. The third-order valence-electron chi connectivity index (χ3n) is 1.85. The van der Waals surface area contributed by atoms with Crippen LogP contribution in [0.25, 0.3) is 0 Å². The summed E-state index contributed by atoms with van der Waals surface area (Å²) in [6, 6.07) is 3.97. The van der Waals surface area contributed by atoms with E-state index in [-0.39, 0.29) is 0 Å². The van der Waals surface area contributed by atoms with Gasteiger partial charge in [-0.1, -0.05) is 19.8 Å². The molecule has 0 spiro atoms. The Morgan fingerprint density at radius 3 is 2.33 bits per heavy atom. The van der Waals surface area contributed by atoms with Gasteiger partial charge in [0.2, 0.25) is 0 Å². The Labute approximate surface area is 110 Å². The molecule has 0 heterocycles. The number of unbranched alkanes of at least 4 members (excludes halogenated alkanes) is 3. The van der Waals surface area contributed by atoms with Gasteiger partial charge < -0.3 is 5.43 Å². The average Bonchev–Trinajstić information content (AvgIpc) is 2.40. The number of nitrogens with two attached hydrogens (primary N) is 1. The second kappa shape index (κ2) is 20.7. The molecule has 0 saturated carbocycles. The summed E-state index contributed by atoms with van der Waals surface area (Å²) in [5, 5.41) is 20.0.